The van der Waals surface area contributed by atoms with Gasteiger partial charge in [0.25, 0.3) is 0 Å². The fourth-order valence-electron chi connectivity index (χ4n) is 0. The van der Waals surface area contributed by atoms with Crippen LogP contribution in [0.1, 0.15) is 0 Å². The molecule has 0 heterocycles. The number of aliphatic hydroxyl groups excluding tert-OH is 1. The first kappa shape index (κ1) is 19.7. The van der Waals surface area contributed by atoms with Crippen LogP contribution in [0.15, 0.2) is 0 Å². The van der Waals surface area contributed by atoms with Crippen LogP contribution in [-0.2, 0) is 0 Å². The molecular weight excluding hydrogens is 182 g/mol. The van der Waals surface area contributed by atoms with Crippen LogP contribution < -0.4 is 12.4 Å². The molecule has 4 heavy (non-hydrogen) atoms. The van der Waals surface area contributed by atoms with Gasteiger partial charge < -0.3 is 17.5 Å². The van der Waals surface area contributed by atoms with Gasteiger partial charge in [-0.25, -0.2) is 0 Å². The van der Waals surface area contributed by atoms with Crippen LogP contribution in [0, 0.1) is 0 Å². The molecule has 0 unspecified atom stereocenters. The Labute approximate surface area is 48.8 Å². The Hall–Kier alpha value is 1.05. The van der Waals surface area contributed by atoms with Crippen LogP contribution in [-0.4, -0.2) is 36.1 Å². The number of rotatable bonds is 0. The van der Waals surface area contributed by atoms with Gasteiger partial charge in [-0.15, -0.1) is 0 Å². The fraction of sp³-hybridized carbons (Fsp3) is 1.00. The molecule has 0 saturated carbocycles. The molecule has 0 aliphatic heterocycles. The van der Waals surface area contributed by atoms with Crippen molar-refractivity contribution < 1.29 is 17.5 Å². The SMILES string of the molecule is CO.[Cl-].[Sn+4]. The van der Waals surface area contributed by atoms with Crippen molar-refractivity contribution in [1.82, 2.24) is 0 Å². The molecule has 22 valence electrons. The summed E-state index contributed by atoms with van der Waals surface area (Å²) >= 11 is 0. The molecule has 0 aliphatic rings. The van der Waals surface area contributed by atoms with E-state index >= 15 is 0 Å². The second kappa shape index (κ2) is 34.2. The first-order chi connectivity index (χ1) is 1.00. The molecule has 1 nitrogen and oxygen atoms in total. The summed E-state index contributed by atoms with van der Waals surface area (Å²) in [5.74, 6) is 0. The van der Waals surface area contributed by atoms with E-state index in [1.165, 1.54) is 0 Å². The Morgan fingerprint density at radius 3 is 1.25 bits per heavy atom. The van der Waals surface area contributed by atoms with Crippen molar-refractivity contribution in [2.24, 2.45) is 0 Å². The Bertz CT molecular complexity index is 8.00. The molecule has 0 bridgehead atoms. The monoisotopic (exact) mass is 187 g/mol. The zero-order valence-corrected chi connectivity index (χ0v) is 5.94. The van der Waals surface area contributed by atoms with Gasteiger partial charge in [0.2, 0.25) is 0 Å². The standard InChI is InChI=1S/CH4O.ClH.Sn/c1-2;;/h2H,1H3;1H;/q;;+4/p-1. The van der Waals surface area contributed by atoms with Crippen LogP contribution in [0.5, 0.6) is 0 Å². The summed E-state index contributed by atoms with van der Waals surface area (Å²) in [5.41, 5.74) is 0. The summed E-state index contributed by atoms with van der Waals surface area (Å²) in [7, 11) is 1.00. The van der Waals surface area contributed by atoms with Gasteiger partial charge in [-0.3, -0.25) is 0 Å². The second-order valence-electron chi connectivity index (χ2n) is 0. The van der Waals surface area contributed by atoms with E-state index in [9.17, 15) is 0 Å². The van der Waals surface area contributed by atoms with Crippen molar-refractivity contribution in [3.8, 4) is 0 Å². The second-order valence-corrected chi connectivity index (χ2v) is 0. The molecule has 0 radical (unpaired) electrons. The van der Waals surface area contributed by atoms with Gasteiger partial charge in [0.1, 0.15) is 0 Å². The third-order valence-electron chi connectivity index (χ3n) is 0. The Morgan fingerprint density at radius 1 is 1.25 bits per heavy atom. The molecular formula is CH4ClOSn+3. The Morgan fingerprint density at radius 2 is 1.25 bits per heavy atom. The summed E-state index contributed by atoms with van der Waals surface area (Å²) in [6.45, 7) is 0. The van der Waals surface area contributed by atoms with E-state index in [1.54, 1.807) is 0 Å². The van der Waals surface area contributed by atoms with Gasteiger partial charge in [-0.2, -0.15) is 0 Å². The summed E-state index contributed by atoms with van der Waals surface area (Å²) < 4.78 is 0. The van der Waals surface area contributed by atoms with E-state index in [4.69, 9.17) is 5.11 Å². The maximum Gasteiger partial charge on any atom is 4.00 e. The topological polar surface area (TPSA) is 20.2 Å². The van der Waals surface area contributed by atoms with Gasteiger partial charge in [0.15, 0.2) is 0 Å². The molecule has 0 aliphatic carbocycles. The average molecular weight is 186 g/mol. The first-order valence-electron chi connectivity index (χ1n) is 0.447. The molecule has 0 fully saturated rings. The van der Waals surface area contributed by atoms with Crippen LogP contribution in [0.2, 0.25) is 0 Å². The van der Waals surface area contributed by atoms with E-state index in [-0.39, 0.29) is 36.3 Å². The van der Waals surface area contributed by atoms with Crippen LogP contribution >= 0.6 is 0 Å². The molecule has 0 amide bonds. The van der Waals surface area contributed by atoms with Crippen molar-refractivity contribution in [2.75, 3.05) is 7.11 Å². The van der Waals surface area contributed by atoms with E-state index in [0.29, 0.717) is 0 Å². The minimum absolute atomic E-state index is 0. The molecule has 0 atom stereocenters. The summed E-state index contributed by atoms with van der Waals surface area (Å²) in [6.07, 6.45) is 0. The quantitative estimate of drug-likeness (QED) is 0.385. The van der Waals surface area contributed by atoms with E-state index < -0.39 is 0 Å². The number of hydrogen-bond acceptors (Lipinski definition) is 1. The molecule has 0 aromatic rings. The molecule has 0 aromatic heterocycles. The normalized spacial score (nSPS) is 1.50. The third kappa shape index (κ3) is 11.6. The molecule has 0 spiro atoms. The van der Waals surface area contributed by atoms with Crippen molar-refractivity contribution in [2.45, 2.75) is 0 Å². The zero-order chi connectivity index (χ0) is 2.00. The van der Waals surface area contributed by atoms with Gasteiger partial charge in [0.05, 0.1) is 0 Å². The summed E-state index contributed by atoms with van der Waals surface area (Å²) in [5, 5.41) is 7.00. The van der Waals surface area contributed by atoms with Crippen molar-refractivity contribution in [3.05, 3.63) is 0 Å². The molecule has 0 saturated heterocycles. The number of hydrogen-bond donors (Lipinski definition) is 1. The van der Waals surface area contributed by atoms with Crippen molar-refractivity contribution >= 4 is 23.9 Å². The number of aliphatic hydroxyl groups is 1. The minimum Gasteiger partial charge on any atom is -1.00 e. The minimum atomic E-state index is 0. The predicted molar refractivity (Wildman–Crippen MR) is 13.9 cm³/mol. The first-order valence-corrected chi connectivity index (χ1v) is 0.447. The Balaban J connectivity index is -0.00000000500. The summed E-state index contributed by atoms with van der Waals surface area (Å²) in [6, 6.07) is 0. The smallest absolute Gasteiger partial charge is 1.00 e. The van der Waals surface area contributed by atoms with E-state index in [1.807, 2.05) is 0 Å². The van der Waals surface area contributed by atoms with Crippen molar-refractivity contribution in [1.29, 1.82) is 0 Å². The molecule has 3 heteroatoms. The third-order valence-corrected chi connectivity index (χ3v) is 0. The van der Waals surface area contributed by atoms with Gasteiger partial charge >= 0.3 is 23.9 Å². The Kier molecular flexibility index (Phi) is 169. The fourth-order valence-corrected chi connectivity index (χ4v) is 0. The van der Waals surface area contributed by atoms with Gasteiger partial charge in [-0.05, 0) is 0 Å². The van der Waals surface area contributed by atoms with E-state index in [2.05, 4.69) is 0 Å². The molecule has 0 aromatic carbocycles. The van der Waals surface area contributed by atoms with Gasteiger partial charge in [0, 0.05) is 7.11 Å². The largest absolute Gasteiger partial charge is 4.00 e. The molecule has 0 rings (SSSR count). The number of halogens is 1. The van der Waals surface area contributed by atoms with Crippen LogP contribution in [0.4, 0.5) is 0 Å². The van der Waals surface area contributed by atoms with Crippen LogP contribution in [0.25, 0.3) is 0 Å². The van der Waals surface area contributed by atoms with Gasteiger partial charge in [-0.1, -0.05) is 0 Å². The summed E-state index contributed by atoms with van der Waals surface area (Å²) in [4.78, 5) is 0. The zero-order valence-electron chi connectivity index (χ0n) is 2.33. The maximum absolute atomic E-state index is 7.00. The maximum atomic E-state index is 7.00. The van der Waals surface area contributed by atoms with E-state index in [0.717, 1.165) is 7.11 Å². The van der Waals surface area contributed by atoms with Crippen LogP contribution in [0.3, 0.4) is 0 Å². The average Bonchev–Trinajstić information content (AvgIpc) is 1.00. The molecule has 1 N–H and O–H groups in total. The predicted octanol–water partition coefficient (Wildman–Crippen LogP) is -3.77. The van der Waals surface area contributed by atoms with Crippen molar-refractivity contribution in [3.63, 3.8) is 0 Å².